The number of nitrogens with one attached hydrogen (secondary N) is 2. The van der Waals surface area contributed by atoms with Crippen molar-refractivity contribution in [2.45, 2.75) is 25.3 Å². The van der Waals surface area contributed by atoms with Crippen LogP contribution in [-0.2, 0) is 4.74 Å². The van der Waals surface area contributed by atoms with Crippen LogP contribution in [0.1, 0.15) is 19.3 Å². The number of morpholine rings is 1. The van der Waals surface area contributed by atoms with Crippen molar-refractivity contribution < 1.29 is 4.74 Å². The summed E-state index contributed by atoms with van der Waals surface area (Å²) in [6.45, 7) is 3.94. The third-order valence-corrected chi connectivity index (χ3v) is 2.23. The van der Waals surface area contributed by atoms with Crippen molar-refractivity contribution in [1.29, 1.82) is 0 Å². The molecule has 12 heavy (non-hydrogen) atoms. The first-order valence-corrected chi connectivity index (χ1v) is 4.89. The lowest BCUT2D eigenvalue weighted by Gasteiger charge is -2.23. The van der Waals surface area contributed by atoms with E-state index in [4.69, 9.17) is 4.74 Å². The zero-order valence-corrected chi connectivity index (χ0v) is 7.94. The number of rotatable bonds is 5. The molecular weight excluding hydrogens is 152 g/mol. The van der Waals surface area contributed by atoms with E-state index in [1.54, 1.807) is 0 Å². The van der Waals surface area contributed by atoms with Gasteiger partial charge in [-0.25, -0.2) is 0 Å². The maximum absolute atomic E-state index is 5.36. The van der Waals surface area contributed by atoms with Crippen LogP contribution in [0.3, 0.4) is 0 Å². The normalized spacial score (nSPS) is 24.2. The molecule has 1 aliphatic heterocycles. The van der Waals surface area contributed by atoms with Crippen LogP contribution in [-0.4, -0.2) is 39.4 Å². The number of ether oxygens (including phenoxy) is 1. The van der Waals surface area contributed by atoms with Crippen molar-refractivity contribution in [3.05, 3.63) is 0 Å². The van der Waals surface area contributed by atoms with E-state index < -0.39 is 0 Å². The molecule has 0 bridgehead atoms. The highest BCUT2D eigenvalue weighted by atomic mass is 16.5. The lowest BCUT2D eigenvalue weighted by Crippen LogP contribution is -2.41. The molecule has 3 nitrogen and oxygen atoms in total. The summed E-state index contributed by atoms with van der Waals surface area (Å²) < 4.78 is 5.36. The second kappa shape index (κ2) is 6.40. The molecule has 1 unspecified atom stereocenters. The van der Waals surface area contributed by atoms with Crippen LogP contribution in [0.15, 0.2) is 0 Å². The van der Waals surface area contributed by atoms with Gasteiger partial charge in [-0.1, -0.05) is 6.42 Å². The molecule has 0 aliphatic carbocycles. The Morgan fingerprint density at radius 3 is 3.08 bits per heavy atom. The average molecular weight is 172 g/mol. The van der Waals surface area contributed by atoms with Gasteiger partial charge in [-0.3, -0.25) is 0 Å². The monoisotopic (exact) mass is 172 g/mol. The minimum atomic E-state index is 0.607. The zero-order chi connectivity index (χ0) is 8.65. The summed E-state index contributed by atoms with van der Waals surface area (Å²) >= 11 is 0. The molecule has 1 rings (SSSR count). The van der Waals surface area contributed by atoms with Gasteiger partial charge in [0.1, 0.15) is 0 Å². The van der Waals surface area contributed by atoms with Crippen LogP contribution in [0.4, 0.5) is 0 Å². The summed E-state index contributed by atoms with van der Waals surface area (Å²) in [4.78, 5) is 0. The molecule has 0 aromatic rings. The van der Waals surface area contributed by atoms with Crippen molar-refractivity contribution >= 4 is 0 Å². The van der Waals surface area contributed by atoms with Crippen molar-refractivity contribution in [2.24, 2.45) is 0 Å². The van der Waals surface area contributed by atoms with E-state index >= 15 is 0 Å². The molecule has 1 aliphatic rings. The maximum atomic E-state index is 5.36. The Hall–Kier alpha value is -0.120. The van der Waals surface area contributed by atoms with Gasteiger partial charge in [0, 0.05) is 12.6 Å². The lowest BCUT2D eigenvalue weighted by atomic mass is 10.1. The van der Waals surface area contributed by atoms with Crippen LogP contribution < -0.4 is 10.6 Å². The molecule has 1 heterocycles. The van der Waals surface area contributed by atoms with Gasteiger partial charge in [-0.2, -0.15) is 0 Å². The predicted octanol–water partition coefficient (Wildman–Crippen LogP) is 0.365. The summed E-state index contributed by atoms with van der Waals surface area (Å²) in [5.41, 5.74) is 0. The van der Waals surface area contributed by atoms with Gasteiger partial charge in [-0.05, 0) is 26.4 Å². The van der Waals surface area contributed by atoms with Gasteiger partial charge in [-0.15, -0.1) is 0 Å². The van der Waals surface area contributed by atoms with Crippen LogP contribution >= 0.6 is 0 Å². The Kier molecular flexibility index (Phi) is 5.32. The van der Waals surface area contributed by atoms with Crippen molar-refractivity contribution in [3.63, 3.8) is 0 Å². The second-order valence-corrected chi connectivity index (χ2v) is 3.33. The van der Waals surface area contributed by atoms with E-state index in [2.05, 4.69) is 10.6 Å². The van der Waals surface area contributed by atoms with Crippen LogP contribution in [0.25, 0.3) is 0 Å². The van der Waals surface area contributed by atoms with Crippen molar-refractivity contribution in [1.82, 2.24) is 10.6 Å². The molecule has 1 atom stereocenters. The number of unbranched alkanes of at least 4 members (excludes halogenated alkanes) is 1. The molecule has 0 spiro atoms. The molecule has 0 saturated carbocycles. The molecule has 1 fully saturated rings. The molecule has 0 radical (unpaired) electrons. The minimum Gasteiger partial charge on any atom is -0.379 e. The molecular formula is C9H20N2O. The Morgan fingerprint density at radius 2 is 2.42 bits per heavy atom. The largest absolute Gasteiger partial charge is 0.379 e. The van der Waals surface area contributed by atoms with Gasteiger partial charge in [0.25, 0.3) is 0 Å². The van der Waals surface area contributed by atoms with Gasteiger partial charge < -0.3 is 15.4 Å². The molecule has 0 amide bonds. The quantitative estimate of drug-likeness (QED) is 0.588. The van der Waals surface area contributed by atoms with Gasteiger partial charge >= 0.3 is 0 Å². The first-order valence-electron chi connectivity index (χ1n) is 4.89. The van der Waals surface area contributed by atoms with Gasteiger partial charge in [0.05, 0.1) is 13.2 Å². The fourth-order valence-electron chi connectivity index (χ4n) is 1.50. The molecule has 2 N–H and O–H groups in total. The van der Waals surface area contributed by atoms with E-state index in [1.807, 2.05) is 7.05 Å². The standard InChI is InChI=1S/C9H20N2O/c1-10-5-3-2-4-9-8-12-7-6-11-9/h9-11H,2-8H2,1H3. The number of hydrogen-bond donors (Lipinski definition) is 2. The van der Waals surface area contributed by atoms with E-state index in [0.29, 0.717) is 6.04 Å². The number of hydrogen-bond acceptors (Lipinski definition) is 3. The van der Waals surface area contributed by atoms with Crippen molar-refractivity contribution in [3.8, 4) is 0 Å². The first-order chi connectivity index (χ1) is 5.93. The third kappa shape index (κ3) is 4.04. The van der Waals surface area contributed by atoms with E-state index in [-0.39, 0.29) is 0 Å². The average Bonchev–Trinajstić information content (AvgIpc) is 2.14. The fraction of sp³-hybridized carbons (Fsp3) is 1.00. The Morgan fingerprint density at radius 1 is 1.50 bits per heavy atom. The molecule has 1 saturated heterocycles. The summed E-state index contributed by atoms with van der Waals surface area (Å²) in [6.07, 6.45) is 3.82. The van der Waals surface area contributed by atoms with Gasteiger partial charge in [0.2, 0.25) is 0 Å². The molecule has 3 heteroatoms. The highest BCUT2D eigenvalue weighted by molar-refractivity contribution is 4.69. The second-order valence-electron chi connectivity index (χ2n) is 3.33. The van der Waals surface area contributed by atoms with E-state index in [0.717, 1.165) is 26.3 Å². The van der Waals surface area contributed by atoms with Crippen LogP contribution in [0, 0.1) is 0 Å². The van der Waals surface area contributed by atoms with Crippen LogP contribution in [0.5, 0.6) is 0 Å². The van der Waals surface area contributed by atoms with E-state index in [1.165, 1.54) is 19.3 Å². The predicted molar refractivity (Wildman–Crippen MR) is 50.4 cm³/mol. The Labute approximate surface area is 74.9 Å². The molecule has 72 valence electrons. The van der Waals surface area contributed by atoms with E-state index in [9.17, 15) is 0 Å². The molecule has 0 aromatic heterocycles. The zero-order valence-electron chi connectivity index (χ0n) is 7.94. The van der Waals surface area contributed by atoms with Crippen LogP contribution in [0.2, 0.25) is 0 Å². The van der Waals surface area contributed by atoms with Gasteiger partial charge in [0.15, 0.2) is 0 Å². The maximum Gasteiger partial charge on any atom is 0.0620 e. The minimum absolute atomic E-state index is 0.607. The topological polar surface area (TPSA) is 33.3 Å². The Balaban J connectivity index is 1.91. The fourth-order valence-corrected chi connectivity index (χ4v) is 1.50. The summed E-state index contributed by atoms with van der Waals surface area (Å²) in [7, 11) is 2.00. The lowest BCUT2D eigenvalue weighted by molar-refractivity contribution is 0.0734. The molecule has 0 aromatic carbocycles. The first kappa shape index (κ1) is 9.96. The highest BCUT2D eigenvalue weighted by Crippen LogP contribution is 2.03. The Bertz CT molecular complexity index is 103. The SMILES string of the molecule is CNCCCCC1COCCN1. The summed E-state index contributed by atoms with van der Waals surface area (Å²) in [5.74, 6) is 0. The van der Waals surface area contributed by atoms with Crippen molar-refractivity contribution in [2.75, 3.05) is 33.4 Å². The summed E-state index contributed by atoms with van der Waals surface area (Å²) in [5, 5.41) is 6.60. The summed E-state index contributed by atoms with van der Waals surface area (Å²) in [6, 6.07) is 0.607. The highest BCUT2D eigenvalue weighted by Gasteiger charge is 2.11. The smallest absolute Gasteiger partial charge is 0.0620 e. The third-order valence-electron chi connectivity index (χ3n) is 2.23.